The van der Waals surface area contributed by atoms with Crippen LogP contribution in [0.1, 0.15) is 61.1 Å². The van der Waals surface area contributed by atoms with Crippen LogP contribution < -0.4 is 15.4 Å². The summed E-state index contributed by atoms with van der Waals surface area (Å²) in [7, 11) is 0. The van der Waals surface area contributed by atoms with E-state index in [0.29, 0.717) is 24.0 Å². The lowest BCUT2D eigenvalue weighted by atomic mass is 9.79. The minimum atomic E-state index is -0.662. The van der Waals surface area contributed by atoms with Crippen LogP contribution in [0.3, 0.4) is 0 Å². The van der Waals surface area contributed by atoms with Crippen LogP contribution >= 0.6 is 0 Å². The summed E-state index contributed by atoms with van der Waals surface area (Å²) in [5, 5.41) is 19.8. The second-order valence-electron chi connectivity index (χ2n) is 9.80. The van der Waals surface area contributed by atoms with Gasteiger partial charge in [0.05, 0.1) is 0 Å². The number of pyridine rings is 2. The van der Waals surface area contributed by atoms with Gasteiger partial charge in [-0.05, 0) is 63.6 Å². The molecule has 0 bridgehead atoms. The first-order valence-electron chi connectivity index (χ1n) is 12.6. The van der Waals surface area contributed by atoms with Gasteiger partial charge in [0.25, 0.3) is 5.91 Å². The van der Waals surface area contributed by atoms with Crippen LogP contribution in [0.15, 0.2) is 43.0 Å². The van der Waals surface area contributed by atoms with E-state index in [9.17, 15) is 14.8 Å². The van der Waals surface area contributed by atoms with E-state index in [0.717, 1.165) is 52.7 Å². The van der Waals surface area contributed by atoms with E-state index in [1.165, 1.54) is 0 Å². The first-order chi connectivity index (χ1) is 17.3. The highest BCUT2D eigenvalue weighted by Gasteiger charge is 2.33. The van der Waals surface area contributed by atoms with Crippen molar-refractivity contribution in [3.8, 4) is 11.1 Å². The quantitative estimate of drug-likeness (QED) is 0.345. The second-order valence-corrected chi connectivity index (χ2v) is 9.80. The van der Waals surface area contributed by atoms with E-state index in [-0.39, 0.29) is 17.7 Å². The Morgan fingerprint density at radius 2 is 1.83 bits per heavy atom. The summed E-state index contributed by atoms with van der Waals surface area (Å²) in [6, 6.07) is 4.67. The van der Waals surface area contributed by atoms with Crippen LogP contribution in [0, 0.1) is 25.7 Å². The Bertz CT molecular complexity index is 1210. The van der Waals surface area contributed by atoms with Gasteiger partial charge in [-0.1, -0.05) is 19.8 Å². The predicted octanol–water partition coefficient (Wildman–Crippen LogP) is 3.67. The monoisotopic (exact) mass is 491 g/mol. The number of aromatic nitrogens is 4. The molecule has 9 nitrogen and oxygen atoms in total. The van der Waals surface area contributed by atoms with Crippen LogP contribution in [0.5, 0.6) is 0 Å². The number of rotatable bonds is 7. The average Bonchev–Trinajstić information content (AvgIpc) is 3.33. The van der Waals surface area contributed by atoms with Gasteiger partial charge in [0, 0.05) is 45.9 Å². The number of nitrogens with zero attached hydrogens (tertiary/aromatic N) is 4. The minimum Gasteiger partial charge on any atom is -0.339 e. The van der Waals surface area contributed by atoms with Crippen LogP contribution in [-0.2, 0) is 11.3 Å². The first-order valence-corrected chi connectivity index (χ1v) is 12.6. The maximum atomic E-state index is 13.4. The molecule has 0 saturated heterocycles. The summed E-state index contributed by atoms with van der Waals surface area (Å²) < 4.78 is 2.67. The molecule has 1 aliphatic carbocycles. The molecule has 0 aliphatic heterocycles. The van der Waals surface area contributed by atoms with Crippen molar-refractivity contribution in [3.05, 3.63) is 59.8 Å². The lowest BCUT2D eigenvalue weighted by Gasteiger charge is -2.32. The van der Waals surface area contributed by atoms with Gasteiger partial charge in [-0.3, -0.25) is 19.5 Å². The van der Waals surface area contributed by atoms with E-state index in [2.05, 4.69) is 27.6 Å². The molecule has 0 radical (unpaired) electrons. The van der Waals surface area contributed by atoms with Crippen molar-refractivity contribution >= 4 is 17.6 Å². The zero-order valence-electron chi connectivity index (χ0n) is 21.4. The van der Waals surface area contributed by atoms with Gasteiger partial charge in [-0.2, -0.15) is 5.10 Å². The third kappa shape index (κ3) is 5.56. The molecule has 36 heavy (non-hydrogen) atoms. The average molecular weight is 492 g/mol. The van der Waals surface area contributed by atoms with Gasteiger partial charge in [-0.15, -0.1) is 0 Å². The molecule has 3 heterocycles. The smallest absolute Gasteiger partial charge is 0.270 e. The number of anilines is 1. The van der Waals surface area contributed by atoms with Gasteiger partial charge in [0.15, 0.2) is 0 Å². The zero-order chi connectivity index (χ0) is 25.8. The van der Waals surface area contributed by atoms with Crippen LogP contribution in [-0.4, -0.2) is 37.8 Å². The molecule has 9 heteroatoms. The molecule has 190 valence electrons. The Morgan fingerprint density at radius 1 is 1.14 bits per heavy atom. The van der Waals surface area contributed by atoms with Crippen molar-refractivity contribution in [2.24, 2.45) is 11.8 Å². The van der Waals surface area contributed by atoms with Crippen LogP contribution in [0.4, 0.5) is 5.82 Å². The highest BCUT2D eigenvalue weighted by molar-refractivity contribution is 6.00. The minimum absolute atomic E-state index is 0.0576. The lowest BCUT2D eigenvalue weighted by molar-refractivity contribution is -0.905. The standard InChI is InChI=1S/C27H34N6O3/c1-5-33-22(12-13-29-33)26(34)31-25(20-8-6-17(2)7-9-20)27(35)30-23-11-10-21(14-28-23)24-18(3)15-32(36)16-19(24)4/h10-17,20,25,36H,5-9H2,1-4H3,(H,31,34)/p+1/t17-,20-,25-/m0/s1. The lowest BCUT2D eigenvalue weighted by Crippen LogP contribution is -2.49. The van der Waals surface area contributed by atoms with Crippen molar-refractivity contribution in [2.45, 2.75) is 66.0 Å². The van der Waals surface area contributed by atoms with E-state index < -0.39 is 6.04 Å². The number of carbonyl (C=O) groups excluding carboxylic acids is 2. The summed E-state index contributed by atoms with van der Waals surface area (Å²) in [4.78, 5) is 31.0. The Hall–Kier alpha value is -3.75. The number of carbonyl (C=O) groups is 2. The Kier molecular flexibility index (Phi) is 7.67. The van der Waals surface area contributed by atoms with Gasteiger partial charge in [-0.25, -0.2) is 4.98 Å². The summed E-state index contributed by atoms with van der Waals surface area (Å²) in [5.74, 6) is 0.546. The summed E-state index contributed by atoms with van der Waals surface area (Å²) in [5.41, 5.74) is 4.15. The number of hydrogen-bond acceptors (Lipinski definition) is 5. The molecule has 1 saturated carbocycles. The highest BCUT2D eigenvalue weighted by atomic mass is 16.5. The van der Waals surface area contributed by atoms with Gasteiger partial charge < -0.3 is 10.6 Å². The van der Waals surface area contributed by atoms with E-state index in [4.69, 9.17) is 0 Å². The molecule has 3 aromatic heterocycles. The molecule has 2 amide bonds. The Labute approximate surface area is 211 Å². The molecular weight excluding hydrogens is 456 g/mol. The number of amides is 2. The Morgan fingerprint density at radius 3 is 2.44 bits per heavy atom. The van der Waals surface area contributed by atoms with Crippen molar-refractivity contribution in [1.82, 2.24) is 20.1 Å². The van der Waals surface area contributed by atoms with E-state index in [1.807, 2.05) is 26.8 Å². The Balaban J connectivity index is 1.52. The molecule has 0 unspecified atom stereocenters. The van der Waals surface area contributed by atoms with Crippen LogP contribution in [0.25, 0.3) is 11.1 Å². The fourth-order valence-corrected chi connectivity index (χ4v) is 5.16. The number of hydrogen-bond donors (Lipinski definition) is 3. The van der Waals surface area contributed by atoms with E-state index >= 15 is 0 Å². The number of nitrogens with one attached hydrogen (secondary N) is 2. The maximum absolute atomic E-state index is 13.4. The summed E-state index contributed by atoms with van der Waals surface area (Å²) >= 11 is 0. The molecule has 0 aromatic carbocycles. The molecule has 1 fully saturated rings. The fraction of sp³-hybridized carbons (Fsp3) is 0.444. The zero-order valence-corrected chi connectivity index (χ0v) is 21.4. The van der Waals surface area contributed by atoms with Gasteiger partial charge >= 0.3 is 0 Å². The van der Waals surface area contributed by atoms with Crippen molar-refractivity contribution in [1.29, 1.82) is 0 Å². The van der Waals surface area contributed by atoms with Crippen LogP contribution in [0.2, 0.25) is 0 Å². The molecular formula is C27H35N6O3+. The molecule has 1 atom stereocenters. The van der Waals surface area contributed by atoms with Crippen molar-refractivity contribution < 1.29 is 19.5 Å². The molecule has 1 aliphatic rings. The topological polar surface area (TPSA) is 113 Å². The second kappa shape index (κ2) is 10.9. The summed E-state index contributed by atoms with van der Waals surface area (Å²) in [6.07, 6.45) is 10.4. The largest absolute Gasteiger partial charge is 0.339 e. The highest BCUT2D eigenvalue weighted by Crippen LogP contribution is 2.31. The van der Waals surface area contributed by atoms with Gasteiger partial charge in [0.2, 0.25) is 18.3 Å². The van der Waals surface area contributed by atoms with Gasteiger partial charge in [0.1, 0.15) is 17.6 Å². The first kappa shape index (κ1) is 25.3. The SMILES string of the molecule is CCn1nccc1C(=O)N[C@H](C(=O)Nc1ccc(-c2c(C)c[n+](O)cc2C)cn1)[C@H]1CC[C@H](C)CC1. The molecule has 4 rings (SSSR count). The van der Waals surface area contributed by atoms with E-state index in [1.54, 1.807) is 41.6 Å². The number of aryl methyl sites for hydroxylation is 3. The van der Waals surface area contributed by atoms with Crippen molar-refractivity contribution in [2.75, 3.05) is 5.32 Å². The third-order valence-electron chi connectivity index (χ3n) is 7.09. The predicted molar refractivity (Wildman–Crippen MR) is 135 cm³/mol. The molecule has 3 N–H and O–H groups in total. The normalized spacial score (nSPS) is 18.4. The maximum Gasteiger partial charge on any atom is 0.270 e. The summed E-state index contributed by atoms with van der Waals surface area (Å²) in [6.45, 7) is 8.57. The third-order valence-corrected chi connectivity index (χ3v) is 7.09. The molecule has 0 spiro atoms. The fourth-order valence-electron chi connectivity index (χ4n) is 5.16. The van der Waals surface area contributed by atoms with Crippen molar-refractivity contribution in [3.63, 3.8) is 0 Å². The molecule has 3 aromatic rings.